The Morgan fingerprint density at radius 3 is 2.53 bits per heavy atom. The number of rotatable bonds is 0. The van der Waals surface area contributed by atoms with Gasteiger partial charge in [0.2, 0.25) is 0 Å². The topological polar surface area (TPSA) is 83.5 Å². The minimum absolute atomic E-state index is 0.121. The highest BCUT2D eigenvalue weighted by atomic mass is 19.1. The summed E-state index contributed by atoms with van der Waals surface area (Å²) in [4.78, 5) is 21.0. The highest BCUT2D eigenvalue weighted by Gasteiger charge is 2.31. The Kier molecular flexibility index (Phi) is 6.33. The zero-order valence-electron chi connectivity index (χ0n) is 18.5. The molecule has 1 saturated heterocycles. The van der Waals surface area contributed by atoms with Gasteiger partial charge in [-0.05, 0) is 51.7 Å². The van der Waals surface area contributed by atoms with E-state index in [2.05, 4.69) is 16.9 Å². The van der Waals surface area contributed by atoms with E-state index in [1.165, 1.54) is 6.07 Å². The number of hydrazone groups is 1. The number of hydrogen-bond donors (Lipinski definition) is 1. The first-order valence-electron chi connectivity index (χ1n) is 10.5. The largest absolute Gasteiger partial charge is 0.444 e. The van der Waals surface area contributed by atoms with E-state index in [0.29, 0.717) is 49.0 Å². The van der Waals surface area contributed by atoms with Crippen molar-refractivity contribution in [3.05, 3.63) is 29.1 Å². The number of aryl methyl sites for hydroxylation is 2. The van der Waals surface area contributed by atoms with E-state index < -0.39 is 5.60 Å². The molecule has 30 heavy (non-hydrogen) atoms. The van der Waals surface area contributed by atoms with Crippen molar-refractivity contribution >= 4 is 23.3 Å². The Morgan fingerprint density at radius 2 is 1.93 bits per heavy atom. The molecule has 1 fully saturated rings. The fourth-order valence-corrected chi connectivity index (χ4v) is 3.78. The van der Waals surface area contributed by atoms with Crippen molar-refractivity contribution in [2.45, 2.75) is 53.1 Å². The Balaban J connectivity index is 1.87. The minimum atomic E-state index is -0.529. The Labute approximate surface area is 177 Å². The number of ether oxygens (including phenoxy) is 1. The van der Waals surface area contributed by atoms with E-state index in [-0.39, 0.29) is 17.8 Å². The second-order valence-corrected chi connectivity index (χ2v) is 9.07. The third-order valence-corrected chi connectivity index (χ3v) is 5.50. The Bertz CT molecular complexity index is 867. The summed E-state index contributed by atoms with van der Waals surface area (Å²) in [6, 6.07) is 3.37. The quantitative estimate of drug-likeness (QED) is 0.516. The lowest BCUT2D eigenvalue weighted by Gasteiger charge is -2.38. The van der Waals surface area contributed by atoms with Crippen molar-refractivity contribution in [3.8, 4) is 0 Å². The number of benzene rings is 1. The predicted molar refractivity (Wildman–Crippen MR) is 117 cm³/mol. The molecule has 1 amide bonds. The molecule has 2 aliphatic heterocycles. The molecule has 1 unspecified atom stereocenters. The van der Waals surface area contributed by atoms with Crippen molar-refractivity contribution in [1.29, 1.82) is 0 Å². The van der Waals surface area contributed by atoms with E-state index in [4.69, 9.17) is 15.6 Å². The maximum atomic E-state index is 14.2. The zero-order valence-corrected chi connectivity index (χ0v) is 18.5. The van der Waals surface area contributed by atoms with Crippen LogP contribution in [-0.2, 0) is 11.2 Å². The summed E-state index contributed by atoms with van der Waals surface area (Å²) < 4.78 is 19.7. The first-order valence-corrected chi connectivity index (χ1v) is 10.5. The number of carbonyl (C=O) groups is 1. The molecule has 0 radical (unpaired) electrons. The van der Waals surface area contributed by atoms with Gasteiger partial charge in [-0.1, -0.05) is 13.0 Å². The second-order valence-electron chi connectivity index (χ2n) is 9.07. The van der Waals surface area contributed by atoms with Crippen LogP contribution in [0.1, 0.15) is 45.2 Å². The van der Waals surface area contributed by atoms with Gasteiger partial charge in [0, 0.05) is 38.2 Å². The lowest BCUT2D eigenvalue weighted by molar-refractivity contribution is 0.0188. The lowest BCUT2D eigenvalue weighted by atomic mass is 9.92. The van der Waals surface area contributed by atoms with Gasteiger partial charge in [0.05, 0.1) is 5.69 Å². The van der Waals surface area contributed by atoms with Gasteiger partial charge in [-0.15, -0.1) is 0 Å². The molecular formula is C22H32FN5O2. The van der Waals surface area contributed by atoms with E-state index in [9.17, 15) is 9.18 Å². The molecule has 2 aliphatic rings. The molecule has 0 aliphatic carbocycles. The van der Waals surface area contributed by atoms with Crippen LogP contribution in [0.5, 0.6) is 0 Å². The monoisotopic (exact) mass is 417 g/mol. The molecule has 164 valence electrons. The van der Waals surface area contributed by atoms with Crippen LogP contribution in [0.3, 0.4) is 0 Å². The van der Waals surface area contributed by atoms with Crippen molar-refractivity contribution in [2.24, 2.45) is 21.9 Å². The number of nitrogens with two attached hydrogens (primary N) is 1. The second kappa shape index (κ2) is 8.62. The number of halogens is 1. The summed E-state index contributed by atoms with van der Waals surface area (Å²) in [5.41, 5.74) is 2.46. The van der Waals surface area contributed by atoms with E-state index in [1.54, 1.807) is 11.8 Å². The molecule has 1 atom stereocenters. The van der Waals surface area contributed by atoms with Gasteiger partial charge in [-0.2, -0.15) is 5.10 Å². The zero-order chi connectivity index (χ0) is 22.1. The average Bonchev–Trinajstić information content (AvgIpc) is 2.67. The van der Waals surface area contributed by atoms with Crippen molar-refractivity contribution in [1.82, 2.24) is 9.80 Å². The summed E-state index contributed by atoms with van der Waals surface area (Å²) in [7, 11) is 0. The third kappa shape index (κ3) is 4.91. The van der Waals surface area contributed by atoms with Crippen molar-refractivity contribution in [3.63, 3.8) is 0 Å². The predicted octanol–water partition coefficient (Wildman–Crippen LogP) is 3.61. The maximum absolute atomic E-state index is 14.2. The maximum Gasteiger partial charge on any atom is 0.410 e. The molecule has 0 aromatic heterocycles. The van der Waals surface area contributed by atoms with Gasteiger partial charge in [-0.3, -0.25) is 0 Å². The molecule has 7 nitrogen and oxygen atoms in total. The summed E-state index contributed by atoms with van der Waals surface area (Å²) in [5, 5.41) is 4.05. The van der Waals surface area contributed by atoms with Crippen LogP contribution in [0.15, 0.2) is 22.2 Å². The summed E-state index contributed by atoms with van der Waals surface area (Å²) in [6.45, 7) is 11.6. The number of nitrogens with zero attached hydrogens (tertiary/aromatic N) is 4. The number of amides is 1. The van der Waals surface area contributed by atoms with Gasteiger partial charge in [0.15, 0.2) is 5.84 Å². The van der Waals surface area contributed by atoms with Crippen LogP contribution < -0.4 is 5.84 Å². The van der Waals surface area contributed by atoms with Crippen LogP contribution >= 0.6 is 0 Å². The third-order valence-electron chi connectivity index (χ3n) is 5.50. The van der Waals surface area contributed by atoms with Crippen molar-refractivity contribution < 1.29 is 13.9 Å². The number of hydrogen-bond acceptors (Lipinski definition) is 6. The molecule has 0 bridgehead atoms. The average molecular weight is 418 g/mol. The number of aliphatic imine (C=N–C) groups is 1. The first kappa shape index (κ1) is 22.1. The van der Waals surface area contributed by atoms with Crippen LogP contribution in [0.2, 0.25) is 0 Å². The number of carbonyl (C=O) groups excluding carboxylic acids is 1. The van der Waals surface area contributed by atoms with E-state index in [1.807, 2.05) is 26.8 Å². The Morgan fingerprint density at radius 1 is 1.27 bits per heavy atom. The van der Waals surface area contributed by atoms with Crippen LogP contribution in [0.4, 0.5) is 14.9 Å². The highest BCUT2D eigenvalue weighted by Crippen LogP contribution is 2.29. The van der Waals surface area contributed by atoms with Crippen LogP contribution in [0.25, 0.3) is 0 Å². The molecule has 2 N–H and O–H groups in total. The van der Waals surface area contributed by atoms with Crippen LogP contribution in [0, 0.1) is 18.7 Å². The van der Waals surface area contributed by atoms with Crippen molar-refractivity contribution in [2.75, 3.05) is 26.2 Å². The fourth-order valence-electron chi connectivity index (χ4n) is 3.78. The lowest BCUT2D eigenvalue weighted by Crippen LogP contribution is -2.53. The molecule has 3 rings (SSSR count). The number of amidine groups is 1. The van der Waals surface area contributed by atoms with Gasteiger partial charge in [-0.25, -0.2) is 14.2 Å². The fraction of sp³-hybridized carbons (Fsp3) is 0.591. The van der Waals surface area contributed by atoms with E-state index >= 15 is 0 Å². The summed E-state index contributed by atoms with van der Waals surface area (Å²) >= 11 is 0. The SMILES string of the molecule is Cc1cc2c(cc1F)N=C(N1CCN(C(=O)OC(C)(C)C)CC1)/C(=N/N)C(C)CC2. The van der Waals surface area contributed by atoms with Gasteiger partial charge in [0.1, 0.15) is 17.1 Å². The smallest absolute Gasteiger partial charge is 0.410 e. The summed E-state index contributed by atoms with van der Waals surface area (Å²) in [6.07, 6.45) is 1.33. The minimum Gasteiger partial charge on any atom is -0.444 e. The molecular weight excluding hydrogens is 385 g/mol. The van der Waals surface area contributed by atoms with E-state index in [0.717, 1.165) is 18.4 Å². The number of fused-ring (bicyclic) bond motifs is 1. The normalized spacial score (nSPS) is 21.6. The number of piperazine rings is 1. The van der Waals surface area contributed by atoms with Gasteiger partial charge in [0.25, 0.3) is 0 Å². The molecule has 0 saturated carbocycles. The Hall–Kier alpha value is -2.64. The standard InChI is InChI=1S/C22H32FN5O2/c1-14-6-7-16-12-15(2)17(23)13-18(16)25-20(19(14)26-24)27-8-10-28(11-9-27)21(29)30-22(3,4)5/h12-14H,6-11,24H2,1-5H3/b25-20?,26-19+. The molecule has 8 heteroatoms. The molecule has 1 aromatic rings. The van der Waals surface area contributed by atoms with Gasteiger partial charge >= 0.3 is 6.09 Å². The molecule has 0 spiro atoms. The molecule has 1 aromatic carbocycles. The first-order chi connectivity index (χ1) is 14.1. The highest BCUT2D eigenvalue weighted by molar-refractivity contribution is 6.42. The van der Waals surface area contributed by atoms with Gasteiger partial charge < -0.3 is 20.4 Å². The summed E-state index contributed by atoms with van der Waals surface area (Å²) in [5.74, 6) is 6.27. The van der Waals surface area contributed by atoms with Crippen LogP contribution in [-0.4, -0.2) is 59.2 Å². The molecule has 2 heterocycles.